The summed E-state index contributed by atoms with van der Waals surface area (Å²) in [7, 11) is 0. The van der Waals surface area contributed by atoms with E-state index in [1.807, 2.05) is 24.3 Å². The molecule has 2 aromatic rings. The van der Waals surface area contributed by atoms with E-state index in [9.17, 15) is 4.79 Å². The van der Waals surface area contributed by atoms with Gasteiger partial charge in [0.1, 0.15) is 5.76 Å². The maximum Gasteiger partial charge on any atom is 0.372 e. The first-order valence-corrected chi connectivity index (χ1v) is 7.24. The number of carboxylic acids is 1. The topological polar surface area (TPSA) is 50.4 Å². The SMILES string of the molecule is Cc1cc(CSCc2ccc(Cl)cc2)oc1C(=O)O. The molecule has 100 valence electrons. The fraction of sp³-hybridized carbons (Fsp3) is 0.214. The second kappa shape index (κ2) is 6.17. The van der Waals surface area contributed by atoms with E-state index in [0.29, 0.717) is 17.1 Å². The van der Waals surface area contributed by atoms with E-state index in [1.165, 1.54) is 5.56 Å². The van der Waals surface area contributed by atoms with Gasteiger partial charge in [-0.1, -0.05) is 23.7 Å². The minimum atomic E-state index is -1.02. The molecule has 0 amide bonds. The van der Waals surface area contributed by atoms with Crippen LogP contribution in [0.4, 0.5) is 0 Å². The van der Waals surface area contributed by atoms with E-state index in [4.69, 9.17) is 21.1 Å². The monoisotopic (exact) mass is 296 g/mol. The first kappa shape index (κ1) is 14.0. The molecule has 1 heterocycles. The standard InChI is InChI=1S/C14H13ClO3S/c1-9-6-12(18-13(9)14(16)17)8-19-7-10-2-4-11(15)5-3-10/h2-6H,7-8H2,1H3,(H,16,17). The van der Waals surface area contributed by atoms with Gasteiger partial charge in [-0.3, -0.25) is 0 Å². The normalized spacial score (nSPS) is 10.6. The quantitative estimate of drug-likeness (QED) is 0.890. The number of thioether (sulfide) groups is 1. The number of furan rings is 1. The lowest BCUT2D eigenvalue weighted by Gasteiger charge is -2.00. The van der Waals surface area contributed by atoms with Crippen LogP contribution in [0.3, 0.4) is 0 Å². The van der Waals surface area contributed by atoms with Crippen molar-refractivity contribution >= 4 is 29.3 Å². The van der Waals surface area contributed by atoms with Crippen LogP contribution in [-0.2, 0) is 11.5 Å². The molecule has 0 fully saturated rings. The number of hydrogen-bond acceptors (Lipinski definition) is 3. The zero-order chi connectivity index (χ0) is 13.8. The lowest BCUT2D eigenvalue weighted by molar-refractivity contribution is 0.0659. The summed E-state index contributed by atoms with van der Waals surface area (Å²) in [5.74, 6) is 1.18. The summed E-state index contributed by atoms with van der Waals surface area (Å²) in [5, 5.41) is 9.62. The molecule has 19 heavy (non-hydrogen) atoms. The molecule has 0 aliphatic heterocycles. The van der Waals surface area contributed by atoms with Crippen LogP contribution in [0.15, 0.2) is 34.7 Å². The van der Waals surface area contributed by atoms with Crippen molar-refractivity contribution in [3.63, 3.8) is 0 Å². The van der Waals surface area contributed by atoms with Crippen molar-refractivity contribution in [1.29, 1.82) is 0 Å². The largest absolute Gasteiger partial charge is 0.475 e. The van der Waals surface area contributed by atoms with Crippen molar-refractivity contribution in [1.82, 2.24) is 0 Å². The number of carboxylic acid groups (broad SMARTS) is 1. The zero-order valence-corrected chi connectivity index (χ0v) is 11.9. The summed E-state index contributed by atoms with van der Waals surface area (Å²) in [6, 6.07) is 9.45. The van der Waals surface area contributed by atoms with Gasteiger partial charge < -0.3 is 9.52 Å². The van der Waals surface area contributed by atoms with Crippen LogP contribution in [-0.4, -0.2) is 11.1 Å². The first-order valence-electron chi connectivity index (χ1n) is 5.71. The summed E-state index contributed by atoms with van der Waals surface area (Å²) in [5.41, 5.74) is 1.84. The highest BCUT2D eigenvalue weighted by atomic mass is 35.5. The van der Waals surface area contributed by atoms with Gasteiger partial charge >= 0.3 is 5.97 Å². The van der Waals surface area contributed by atoms with Crippen molar-refractivity contribution in [2.24, 2.45) is 0 Å². The van der Waals surface area contributed by atoms with Gasteiger partial charge in [0.25, 0.3) is 0 Å². The molecule has 1 N–H and O–H groups in total. The molecule has 0 bridgehead atoms. The molecule has 0 aliphatic rings. The lowest BCUT2D eigenvalue weighted by atomic mass is 10.2. The molecule has 2 rings (SSSR count). The number of aromatic carboxylic acids is 1. The third-order valence-corrected chi connectivity index (χ3v) is 3.87. The van der Waals surface area contributed by atoms with E-state index in [2.05, 4.69) is 0 Å². The van der Waals surface area contributed by atoms with Crippen molar-refractivity contribution in [2.45, 2.75) is 18.4 Å². The van der Waals surface area contributed by atoms with Crippen LogP contribution >= 0.6 is 23.4 Å². The van der Waals surface area contributed by atoms with Crippen LogP contribution in [0, 0.1) is 6.92 Å². The van der Waals surface area contributed by atoms with Crippen LogP contribution in [0.25, 0.3) is 0 Å². The number of hydrogen-bond donors (Lipinski definition) is 1. The Labute approximate surface area is 120 Å². The van der Waals surface area contributed by atoms with E-state index in [1.54, 1.807) is 24.8 Å². The van der Waals surface area contributed by atoms with Crippen molar-refractivity contribution in [2.75, 3.05) is 0 Å². The van der Waals surface area contributed by atoms with Crippen LogP contribution < -0.4 is 0 Å². The van der Waals surface area contributed by atoms with Crippen molar-refractivity contribution < 1.29 is 14.3 Å². The fourth-order valence-electron chi connectivity index (χ4n) is 1.68. The summed E-state index contributed by atoms with van der Waals surface area (Å²) < 4.78 is 5.29. The van der Waals surface area contributed by atoms with E-state index in [0.717, 1.165) is 10.8 Å². The van der Waals surface area contributed by atoms with Gasteiger partial charge in [-0.15, -0.1) is 11.8 Å². The van der Waals surface area contributed by atoms with Gasteiger partial charge in [-0.05, 0) is 30.7 Å². The van der Waals surface area contributed by atoms with Gasteiger partial charge in [0.05, 0.1) is 5.75 Å². The smallest absolute Gasteiger partial charge is 0.372 e. The van der Waals surface area contributed by atoms with Crippen LogP contribution in [0.2, 0.25) is 5.02 Å². The molecule has 0 spiro atoms. The number of carbonyl (C=O) groups is 1. The molecule has 5 heteroatoms. The van der Waals surface area contributed by atoms with E-state index >= 15 is 0 Å². The van der Waals surface area contributed by atoms with Gasteiger partial charge in [0.2, 0.25) is 5.76 Å². The summed E-state index contributed by atoms with van der Waals surface area (Å²) in [6.45, 7) is 1.74. The summed E-state index contributed by atoms with van der Waals surface area (Å²) >= 11 is 7.48. The van der Waals surface area contributed by atoms with Crippen LogP contribution in [0.1, 0.15) is 27.4 Å². The molecule has 1 aromatic carbocycles. The predicted octanol–water partition coefficient (Wildman–Crippen LogP) is 4.37. The summed E-state index contributed by atoms with van der Waals surface area (Å²) in [4.78, 5) is 10.8. The highest BCUT2D eigenvalue weighted by Gasteiger charge is 2.13. The molecule has 0 saturated carbocycles. The van der Waals surface area contributed by atoms with E-state index in [-0.39, 0.29) is 5.76 Å². The van der Waals surface area contributed by atoms with Gasteiger partial charge in [-0.25, -0.2) is 4.79 Å². The van der Waals surface area contributed by atoms with Gasteiger partial charge in [0.15, 0.2) is 0 Å². The molecule has 0 atom stereocenters. The highest BCUT2D eigenvalue weighted by molar-refractivity contribution is 7.97. The fourth-order valence-corrected chi connectivity index (χ4v) is 2.68. The predicted molar refractivity (Wildman–Crippen MR) is 76.9 cm³/mol. The highest BCUT2D eigenvalue weighted by Crippen LogP contribution is 2.22. The molecular formula is C14H13ClO3S. The Morgan fingerprint density at radius 1 is 1.32 bits per heavy atom. The first-order chi connectivity index (χ1) is 9.06. The molecule has 0 radical (unpaired) electrons. The summed E-state index contributed by atoms with van der Waals surface area (Å²) in [6.07, 6.45) is 0. The van der Waals surface area contributed by atoms with Crippen molar-refractivity contribution in [3.8, 4) is 0 Å². The number of aryl methyl sites for hydroxylation is 1. The average Bonchev–Trinajstić information content (AvgIpc) is 2.73. The molecule has 3 nitrogen and oxygen atoms in total. The molecular weight excluding hydrogens is 284 g/mol. The van der Waals surface area contributed by atoms with E-state index < -0.39 is 5.97 Å². The Morgan fingerprint density at radius 2 is 2.00 bits per heavy atom. The second-order valence-electron chi connectivity index (χ2n) is 4.15. The third kappa shape index (κ3) is 3.78. The lowest BCUT2D eigenvalue weighted by Crippen LogP contribution is -1.94. The Kier molecular flexibility index (Phi) is 4.56. The number of rotatable bonds is 5. The minimum Gasteiger partial charge on any atom is -0.475 e. The number of halogens is 1. The average molecular weight is 297 g/mol. The maximum absolute atomic E-state index is 10.8. The molecule has 0 aliphatic carbocycles. The van der Waals surface area contributed by atoms with Gasteiger partial charge in [0, 0.05) is 16.3 Å². The van der Waals surface area contributed by atoms with Crippen molar-refractivity contribution in [3.05, 3.63) is 58.0 Å². The number of benzene rings is 1. The van der Waals surface area contributed by atoms with Gasteiger partial charge in [-0.2, -0.15) is 0 Å². The Balaban J connectivity index is 1.90. The zero-order valence-electron chi connectivity index (χ0n) is 10.4. The third-order valence-electron chi connectivity index (χ3n) is 2.59. The van der Waals surface area contributed by atoms with Crippen LogP contribution in [0.5, 0.6) is 0 Å². The second-order valence-corrected chi connectivity index (χ2v) is 5.57. The molecule has 0 saturated heterocycles. The molecule has 1 aromatic heterocycles. The molecule has 0 unspecified atom stereocenters. The minimum absolute atomic E-state index is 0.0297. The Morgan fingerprint density at radius 3 is 2.58 bits per heavy atom. The Bertz CT molecular complexity index is 575. The Hall–Kier alpha value is -1.39. The maximum atomic E-state index is 10.8.